The van der Waals surface area contributed by atoms with Crippen molar-refractivity contribution in [2.45, 2.75) is 32.2 Å². The summed E-state index contributed by atoms with van der Waals surface area (Å²) in [7, 11) is 0. The third-order valence-corrected chi connectivity index (χ3v) is 4.66. The lowest BCUT2D eigenvalue weighted by Gasteiger charge is -2.27. The molecule has 0 radical (unpaired) electrons. The molecular weight excluding hydrogens is 396 g/mol. The standard InChI is InChI=1S/C20H20N2O8/c1-11(2-7-17(24)25)29-8-9-30-12-3-4-13-14(10-12)20(28)22(19(13)27)15-5-6-16(23)21-18(15)26/h2-4,10,15H,5-9H2,1H3,(H,24,25)(H,21,23,26)/b11-2+. The molecule has 3 rings (SSSR count). The van der Waals surface area contributed by atoms with E-state index in [1.807, 2.05) is 0 Å². The second-order valence-corrected chi connectivity index (χ2v) is 6.76. The Morgan fingerprint density at radius 2 is 1.93 bits per heavy atom. The zero-order chi connectivity index (χ0) is 21.8. The van der Waals surface area contributed by atoms with Crippen LogP contribution in [-0.4, -0.2) is 58.9 Å². The zero-order valence-corrected chi connectivity index (χ0v) is 16.2. The summed E-state index contributed by atoms with van der Waals surface area (Å²) >= 11 is 0. The van der Waals surface area contributed by atoms with Gasteiger partial charge < -0.3 is 14.6 Å². The van der Waals surface area contributed by atoms with Crippen LogP contribution in [0.5, 0.6) is 5.75 Å². The van der Waals surface area contributed by atoms with E-state index in [-0.39, 0.29) is 43.6 Å². The number of hydrogen-bond acceptors (Lipinski definition) is 7. The lowest BCUT2D eigenvalue weighted by Crippen LogP contribution is -2.54. The molecule has 158 valence electrons. The van der Waals surface area contributed by atoms with Crippen LogP contribution in [0, 0.1) is 0 Å². The highest BCUT2D eigenvalue weighted by Crippen LogP contribution is 2.30. The molecule has 1 aromatic rings. The smallest absolute Gasteiger partial charge is 0.307 e. The maximum Gasteiger partial charge on any atom is 0.307 e. The van der Waals surface area contributed by atoms with Gasteiger partial charge in [-0.05, 0) is 37.6 Å². The third-order valence-electron chi connectivity index (χ3n) is 4.66. The Morgan fingerprint density at radius 3 is 2.63 bits per heavy atom. The van der Waals surface area contributed by atoms with Gasteiger partial charge in [0, 0.05) is 6.42 Å². The summed E-state index contributed by atoms with van der Waals surface area (Å²) in [4.78, 5) is 60.1. The molecule has 10 nitrogen and oxygen atoms in total. The SMILES string of the molecule is C/C(=C\CC(=O)O)OCCOc1ccc2c(c1)C(=O)N(C1CCC(=O)NC1=O)C2=O. The number of amides is 4. The Morgan fingerprint density at radius 1 is 1.20 bits per heavy atom. The van der Waals surface area contributed by atoms with Crippen LogP contribution in [0.4, 0.5) is 0 Å². The minimum absolute atomic E-state index is 0.0541. The van der Waals surface area contributed by atoms with Crippen LogP contribution in [0.2, 0.25) is 0 Å². The molecule has 4 amide bonds. The second-order valence-electron chi connectivity index (χ2n) is 6.76. The highest BCUT2D eigenvalue weighted by Gasteiger charge is 2.44. The zero-order valence-electron chi connectivity index (χ0n) is 16.2. The van der Waals surface area contributed by atoms with Crippen molar-refractivity contribution in [3.8, 4) is 5.75 Å². The van der Waals surface area contributed by atoms with Crippen molar-refractivity contribution in [3.63, 3.8) is 0 Å². The van der Waals surface area contributed by atoms with Crippen LogP contribution in [0.25, 0.3) is 0 Å². The van der Waals surface area contributed by atoms with Crippen molar-refractivity contribution in [2.75, 3.05) is 13.2 Å². The molecule has 0 aliphatic carbocycles. The van der Waals surface area contributed by atoms with Gasteiger partial charge in [0.15, 0.2) is 0 Å². The van der Waals surface area contributed by atoms with Gasteiger partial charge in [0.25, 0.3) is 11.8 Å². The summed E-state index contributed by atoms with van der Waals surface area (Å²) in [5.41, 5.74) is 0.293. The average Bonchev–Trinajstić information content (AvgIpc) is 2.94. The first-order valence-corrected chi connectivity index (χ1v) is 9.27. The fraction of sp³-hybridized carbons (Fsp3) is 0.350. The summed E-state index contributed by atoms with van der Waals surface area (Å²) < 4.78 is 10.9. The molecule has 10 heteroatoms. The number of ether oxygens (including phenoxy) is 2. The minimum Gasteiger partial charge on any atom is -0.495 e. The molecule has 2 aliphatic heterocycles. The van der Waals surface area contributed by atoms with Gasteiger partial charge in [0.2, 0.25) is 11.8 Å². The summed E-state index contributed by atoms with van der Waals surface area (Å²) in [6.45, 7) is 1.93. The molecule has 0 spiro atoms. The molecule has 30 heavy (non-hydrogen) atoms. The maximum atomic E-state index is 12.7. The monoisotopic (exact) mass is 416 g/mol. The summed E-state index contributed by atoms with van der Waals surface area (Å²) in [6.07, 6.45) is 1.44. The van der Waals surface area contributed by atoms with Crippen LogP contribution < -0.4 is 10.1 Å². The molecule has 0 saturated carbocycles. The van der Waals surface area contributed by atoms with E-state index in [9.17, 15) is 24.0 Å². The van der Waals surface area contributed by atoms with Crippen LogP contribution in [-0.2, 0) is 19.1 Å². The van der Waals surface area contributed by atoms with Crippen molar-refractivity contribution >= 4 is 29.6 Å². The number of carbonyl (C=O) groups is 5. The molecule has 1 fully saturated rings. The molecule has 1 atom stereocenters. The number of rotatable bonds is 8. The maximum absolute atomic E-state index is 12.7. The van der Waals surface area contributed by atoms with Crippen LogP contribution in [0.3, 0.4) is 0 Å². The Kier molecular flexibility index (Phi) is 6.14. The Hall–Kier alpha value is -3.69. The number of carboxylic acids is 1. The van der Waals surface area contributed by atoms with Gasteiger partial charge in [-0.15, -0.1) is 0 Å². The molecule has 1 unspecified atom stereocenters. The number of fused-ring (bicyclic) bond motifs is 1. The van der Waals surface area contributed by atoms with Crippen LogP contribution >= 0.6 is 0 Å². The molecule has 1 aromatic carbocycles. The van der Waals surface area contributed by atoms with Crippen LogP contribution in [0.15, 0.2) is 30.0 Å². The Balaban J connectivity index is 1.61. The minimum atomic E-state index is -1.02. The summed E-state index contributed by atoms with van der Waals surface area (Å²) in [6, 6.07) is 3.39. The molecular formula is C20H20N2O8. The van der Waals surface area contributed by atoms with E-state index in [0.717, 1.165) is 4.90 Å². The van der Waals surface area contributed by atoms with Crippen molar-refractivity contribution in [1.82, 2.24) is 10.2 Å². The number of carbonyl (C=O) groups excluding carboxylic acids is 4. The first-order chi connectivity index (χ1) is 14.3. The van der Waals surface area contributed by atoms with Gasteiger partial charge in [-0.3, -0.25) is 34.2 Å². The second kappa shape index (κ2) is 8.76. The number of nitrogens with one attached hydrogen (secondary N) is 1. The Bertz CT molecular complexity index is 952. The lowest BCUT2D eigenvalue weighted by molar-refractivity contribution is -0.137. The van der Waals surface area contributed by atoms with Crippen LogP contribution in [0.1, 0.15) is 46.9 Å². The number of carboxylic acid groups (broad SMARTS) is 1. The number of piperidine rings is 1. The molecule has 0 aromatic heterocycles. The molecule has 1 saturated heterocycles. The van der Waals surface area contributed by atoms with E-state index >= 15 is 0 Å². The number of benzene rings is 1. The van der Waals surface area contributed by atoms with Gasteiger partial charge in [-0.25, -0.2) is 0 Å². The molecule has 2 heterocycles. The van der Waals surface area contributed by atoms with E-state index in [2.05, 4.69) is 5.32 Å². The van der Waals surface area contributed by atoms with Crippen molar-refractivity contribution in [2.24, 2.45) is 0 Å². The van der Waals surface area contributed by atoms with E-state index < -0.39 is 35.6 Å². The first-order valence-electron chi connectivity index (χ1n) is 9.27. The van der Waals surface area contributed by atoms with E-state index in [4.69, 9.17) is 14.6 Å². The van der Waals surface area contributed by atoms with Gasteiger partial charge in [0.05, 0.1) is 23.3 Å². The predicted molar refractivity (Wildman–Crippen MR) is 101 cm³/mol. The fourth-order valence-corrected chi connectivity index (χ4v) is 3.19. The van der Waals surface area contributed by atoms with E-state index in [1.54, 1.807) is 6.92 Å². The average molecular weight is 416 g/mol. The van der Waals surface area contributed by atoms with Gasteiger partial charge in [0.1, 0.15) is 25.0 Å². The van der Waals surface area contributed by atoms with E-state index in [0.29, 0.717) is 11.5 Å². The number of nitrogens with zero attached hydrogens (tertiary/aromatic N) is 1. The molecule has 0 bridgehead atoms. The topological polar surface area (TPSA) is 139 Å². The number of aliphatic carboxylic acids is 1. The third kappa shape index (κ3) is 4.48. The van der Waals surface area contributed by atoms with Crippen molar-refractivity contribution in [1.29, 1.82) is 0 Å². The first kappa shape index (κ1) is 21.0. The normalized spacial score (nSPS) is 18.9. The van der Waals surface area contributed by atoms with Gasteiger partial charge in [-0.1, -0.05) is 0 Å². The highest BCUT2D eigenvalue weighted by molar-refractivity contribution is 6.23. The van der Waals surface area contributed by atoms with E-state index in [1.165, 1.54) is 24.3 Å². The van der Waals surface area contributed by atoms with Gasteiger partial charge >= 0.3 is 5.97 Å². The quantitative estimate of drug-likeness (QED) is 0.361. The summed E-state index contributed by atoms with van der Waals surface area (Å²) in [5.74, 6) is -2.46. The number of imide groups is 2. The highest BCUT2D eigenvalue weighted by atomic mass is 16.5. The largest absolute Gasteiger partial charge is 0.495 e. The predicted octanol–water partition coefficient (Wildman–Crippen LogP) is 0.862. The summed E-state index contributed by atoms with van der Waals surface area (Å²) in [5, 5.41) is 10.8. The van der Waals surface area contributed by atoms with Crippen molar-refractivity contribution < 1.29 is 38.6 Å². The molecule has 2 N–H and O–H groups in total. The van der Waals surface area contributed by atoms with Crippen molar-refractivity contribution in [3.05, 3.63) is 41.2 Å². The Labute approximate surface area is 171 Å². The fourth-order valence-electron chi connectivity index (χ4n) is 3.19. The molecule has 2 aliphatic rings. The van der Waals surface area contributed by atoms with Gasteiger partial charge in [-0.2, -0.15) is 0 Å². The lowest BCUT2D eigenvalue weighted by atomic mass is 10.0. The number of allylic oxidation sites excluding steroid dienone is 1. The number of hydrogen-bond donors (Lipinski definition) is 2.